The zero-order valence-electron chi connectivity index (χ0n) is 18.1. The minimum atomic E-state index is -1.06. The molecule has 1 N–H and O–H groups in total. The van der Waals surface area contributed by atoms with Gasteiger partial charge >= 0.3 is 0 Å². The van der Waals surface area contributed by atoms with Crippen LogP contribution in [0.4, 0.5) is 17.5 Å². The van der Waals surface area contributed by atoms with Gasteiger partial charge in [0, 0.05) is 39.2 Å². The number of nitrogens with zero attached hydrogens (tertiary/aromatic N) is 4. The van der Waals surface area contributed by atoms with Gasteiger partial charge in [-0.25, -0.2) is 9.97 Å². The number of hydrogen-bond acceptors (Lipinski definition) is 8. The maximum atomic E-state index is 13.2. The number of nitrogens with one attached hydrogen (secondary N) is 1. The van der Waals surface area contributed by atoms with Crippen LogP contribution in [0.2, 0.25) is 0 Å². The van der Waals surface area contributed by atoms with E-state index in [1.807, 2.05) is 37.2 Å². The van der Waals surface area contributed by atoms with Crippen molar-refractivity contribution in [2.75, 3.05) is 31.4 Å². The first-order valence-electron chi connectivity index (χ1n) is 10.3. The van der Waals surface area contributed by atoms with Crippen LogP contribution >= 0.6 is 0 Å². The quantitative estimate of drug-likeness (QED) is 0.599. The number of aromatic nitrogens is 3. The van der Waals surface area contributed by atoms with Gasteiger partial charge in [0.25, 0.3) is 0 Å². The number of oxazole rings is 1. The van der Waals surface area contributed by atoms with Crippen LogP contribution in [0, 0.1) is 6.92 Å². The van der Waals surface area contributed by atoms with Crippen molar-refractivity contribution in [2.45, 2.75) is 42.2 Å². The van der Waals surface area contributed by atoms with Crippen LogP contribution in [0.25, 0.3) is 11.3 Å². The van der Waals surface area contributed by atoms with Crippen molar-refractivity contribution in [1.82, 2.24) is 15.0 Å². The SMILES string of the molecule is COc1cc(Nc2nc3c(c(N(C)C)n2)[S+]([O-])C2(CCC2)C3)ccc1-c1cnc(C)o1. The Morgan fingerprint density at radius 1 is 1.26 bits per heavy atom. The Morgan fingerprint density at radius 3 is 2.68 bits per heavy atom. The lowest BCUT2D eigenvalue weighted by Crippen LogP contribution is -2.43. The largest absolute Gasteiger partial charge is 0.611 e. The zero-order valence-corrected chi connectivity index (χ0v) is 18.9. The lowest BCUT2D eigenvalue weighted by atomic mass is 9.81. The summed E-state index contributed by atoms with van der Waals surface area (Å²) in [4.78, 5) is 16.3. The van der Waals surface area contributed by atoms with Crippen molar-refractivity contribution < 1.29 is 13.7 Å². The number of fused-ring (bicyclic) bond motifs is 1. The average Bonchev–Trinajstić information content (AvgIpc) is 3.28. The third kappa shape index (κ3) is 3.32. The molecule has 1 saturated carbocycles. The molecule has 2 aliphatic rings. The molecule has 3 aromatic rings. The molecule has 9 heteroatoms. The number of methoxy groups -OCH3 is 1. The summed E-state index contributed by atoms with van der Waals surface area (Å²) in [5, 5.41) is 3.29. The van der Waals surface area contributed by atoms with Crippen molar-refractivity contribution in [3.63, 3.8) is 0 Å². The fraction of sp³-hybridized carbons (Fsp3) is 0.409. The normalized spacial score (nSPS) is 18.5. The third-order valence-electron chi connectivity index (χ3n) is 6.02. The van der Waals surface area contributed by atoms with Crippen LogP contribution in [-0.2, 0) is 17.6 Å². The molecule has 2 aromatic heterocycles. The Morgan fingerprint density at radius 2 is 2.06 bits per heavy atom. The van der Waals surface area contributed by atoms with Gasteiger partial charge in [-0.2, -0.15) is 4.98 Å². The fourth-order valence-electron chi connectivity index (χ4n) is 4.26. The second-order valence-electron chi connectivity index (χ2n) is 8.31. The molecular weight excluding hydrogens is 414 g/mol. The second-order valence-corrected chi connectivity index (χ2v) is 10.1. The summed E-state index contributed by atoms with van der Waals surface area (Å²) in [7, 11) is 5.47. The van der Waals surface area contributed by atoms with Gasteiger partial charge in [0.15, 0.2) is 17.5 Å². The predicted octanol–water partition coefficient (Wildman–Crippen LogP) is 3.84. The van der Waals surface area contributed by atoms with Gasteiger partial charge < -0.3 is 23.9 Å². The average molecular weight is 440 g/mol. The van der Waals surface area contributed by atoms with E-state index in [1.165, 1.54) is 0 Å². The van der Waals surface area contributed by atoms with E-state index in [1.54, 1.807) is 20.2 Å². The monoisotopic (exact) mass is 439 g/mol. The number of hydrogen-bond donors (Lipinski definition) is 1. The van der Waals surface area contributed by atoms with Gasteiger partial charge in [0.2, 0.25) is 10.8 Å². The zero-order chi connectivity index (χ0) is 21.8. The first kappa shape index (κ1) is 20.1. The molecule has 0 saturated heterocycles. The highest BCUT2D eigenvalue weighted by Gasteiger charge is 2.57. The van der Waals surface area contributed by atoms with Crippen LogP contribution in [0.1, 0.15) is 30.8 Å². The molecule has 0 bridgehead atoms. The van der Waals surface area contributed by atoms with Crippen molar-refractivity contribution in [2.24, 2.45) is 0 Å². The lowest BCUT2D eigenvalue weighted by Gasteiger charge is -2.37. The third-order valence-corrected chi connectivity index (χ3v) is 8.15. The summed E-state index contributed by atoms with van der Waals surface area (Å²) in [5.41, 5.74) is 2.50. The van der Waals surface area contributed by atoms with E-state index < -0.39 is 11.2 Å². The van der Waals surface area contributed by atoms with Crippen LogP contribution < -0.4 is 15.0 Å². The van der Waals surface area contributed by atoms with Gasteiger partial charge in [-0.3, -0.25) is 0 Å². The number of ether oxygens (including phenoxy) is 1. The number of rotatable bonds is 5. The van der Waals surface area contributed by atoms with E-state index in [2.05, 4.69) is 10.3 Å². The summed E-state index contributed by atoms with van der Waals surface area (Å²) in [5.74, 6) is 3.11. The second kappa shape index (κ2) is 7.42. The molecule has 0 radical (unpaired) electrons. The Balaban J connectivity index is 1.48. The highest BCUT2D eigenvalue weighted by Crippen LogP contribution is 2.52. The Kier molecular flexibility index (Phi) is 4.82. The molecule has 1 fully saturated rings. The van der Waals surface area contributed by atoms with Crippen molar-refractivity contribution >= 4 is 28.6 Å². The smallest absolute Gasteiger partial charge is 0.229 e. The number of anilines is 3. The maximum absolute atomic E-state index is 13.2. The molecule has 0 amide bonds. The van der Waals surface area contributed by atoms with Crippen molar-refractivity contribution in [3.05, 3.63) is 36.0 Å². The van der Waals surface area contributed by atoms with Crippen molar-refractivity contribution in [3.8, 4) is 17.1 Å². The molecule has 1 aliphatic heterocycles. The summed E-state index contributed by atoms with van der Waals surface area (Å²) >= 11 is -1.06. The molecule has 3 heterocycles. The number of aryl methyl sites for hydroxylation is 1. The topological polar surface area (TPSA) is 99.4 Å². The maximum Gasteiger partial charge on any atom is 0.229 e. The molecule has 8 nitrogen and oxygen atoms in total. The summed E-state index contributed by atoms with van der Waals surface area (Å²) in [6, 6.07) is 5.72. The molecule has 1 unspecified atom stereocenters. The van der Waals surface area contributed by atoms with Crippen LogP contribution in [0.3, 0.4) is 0 Å². The molecule has 1 aromatic carbocycles. The van der Waals surface area contributed by atoms with Crippen molar-refractivity contribution in [1.29, 1.82) is 0 Å². The van der Waals surface area contributed by atoms with E-state index in [9.17, 15) is 4.55 Å². The van der Waals surface area contributed by atoms with Crippen LogP contribution in [0.5, 0.6) is 5.75 Å². The molecule has 1 atom stereocenters. The lowest BCUT2D eigenvalue weighted by molar-refractivity contribution is 0.342. The Labute approximate surface area is 184 Å². The Hall–Kier alpha value is -2.78. The van der Waals surface area contributed by atoms with Gasteiger partial charge in [0.1, 0.15) is 16.2 Å². The summed E-state index contributed by atoms with van der Waals surface area (Å²) in [6.07, 6.45) is 5.55. The minimum absolute atomic E-state index is 0.138. The summed E-state index contributed by atoms with van der Waals surface area (Å²) < 4.78 is 24.3. The van der Waals surface area contributed by atoms with Gasteiger partial charge in [-0.1, -0.05) is 0 Å². The molecule has 1 spiro atoms. The summed E-state index contributed by atoms with van der Waals surface area (Å²) in [6.45, 7) is 1.81. The van der Waals surface area contributed by atoms with E-state index >= 15 is 0 Å². The van der Waals surface area contributed by atoms with Crippen LogP contribution in [0.15, 0.2) is 33.7 Å². The fourth-order valence-corrected chi connectivity index (χ4v) is 6.35. The molecule has 5 rings (SSSR count). The van der Waals surface area contributed by atoms with E-state index in [0.717, 1.165) is 53.3 Å². The molecule has 1 aliphatic carbocycles. The molecule has 162 valence electrons. The van der Waals surface area contributed by atoms with Gasteiger partial charge in [0.05, 0.1) is 18.9 Å². The predicted molar refractivity (Wildman–Crippen MR) is 120 cm³/mol. The standard InChI is InChI=1S/C22H25N5O3S/c1-13-23-12-18(30-13)15-7-6-14(10-17(15)29-4)24-21-25-16-11-22(8-5-9-22)31(28)19(16)20(26-21)27(2)3/h6-7,10,12H,5,8-9,11H2,1-4H3,(H,24,25,26). The van der Waals surface area contributed by atoms with E-state index in [4.69, 9.17) is 19.1 Å². The molecule has 31 heavy (non-hydrogen) atoms. The van der Waals surface area contributed by atoms with E-state index in [-0.39, 0.29) is 4.75 Å². The highest BCUT2D eigenvalue weighted by molar-refractivity contribution is 7.93. The van der Waals surface area contributed by atoms with E-state index in [0.29, 0.717) is 23.3 Å². The Bertz CT molecular complexity index is 1140. The first-order chi connectivity index (χ1) is 14.9. The van der Waals surface area contributed by atoms with Crippen LogP contribution in [-0.4, -0.2) is 45.5 Å². The highest BCUT2D eigenvalue weighted by atomic mass is 32.2. The first-order valence-corrected chi connectivity index (χ1v) is 11.4. The minimum Gasteiger partial charge on any atom is -0.611 e. The number of benzene rings is 1. The van der Waals surface area contributed by atoms with Gasteiger partial charge in [-0.15, -0.1) is 0 Å². The van der Waals surface area contributed by atoms with Gasteiger partial charge in [-0.05, 0) is 42.6 Å². The molecular formula is C22H25N5O3S.